The summed E-state index contributed by atoms with van der Waals surface area (Å²) in [5, 5.41) is 16.0. The van der Waals surface area contributed by atoms with Crippen LogP contribution in [0.2, 0.25) is 0 Å². The van der Waals surface area contributed by atoms with Crippen LogP contribution in [0.4, 0.5) is 14.5 Å². The van der Waals surface area contributed by atoms with E-state index in [2.05, 4.69) is 9.84 Å². The van der Waals surface area contributed by atoms with E-state index in [1.165, 1.54) is 13.2 Å². The zero-order valence-corrected chi connectivity index (χ0v) is 16.9. The number of nitro groups is 1. The number of rotatable bonds is 8. The number of methoxy groups -OCH3 is 1. The van der Waals surface area contributed by atoms with Crippen LogP contribution in [0, 0.1) is 10.1 Å². The highest BCUT2D eigenvalue weighted by atomic mass is 19.3. The molecule has 3 aromatic rings. The number of carbonyl (C=O) groups excluding carboxylic acids is 1. The highest BCUT2D eigenvalue weighted by Crippen LogP contribution is 2.36. The number of aryl methyl sites for hydroxylation is 1. The van der Waals surface area contributed by atoms with Crippen molar-refractivity contribution in [1.82, 2.24) is 9.78 Å². The Hall–Kier alpha value is -4.09. The smallest absolute Gasteiger partial charge is 0.387 e. The Morgan fingerprint density at radius 1 is 1.22 bits per heavy atom. The standard InChI is InChI=1S/C20H17F2N3O7/c1-3-24-18(26)13-7-5-4-6-12(13)17(23-24)19(27)31-10-11-8-15(30-2)16(32-20(21)22)9-14(11)25(28)29/h4-9,20H,3,10H2,1-2H3. The molecule has 0 atom stereocenters. The van der Waals surface area contributed by atoms with Gasteiger partial charge in [0.1, 0.15) is 6.61 Å². The second-order valence-electron chi connectivity index (χ2n) is 6.36. The van der Waals surface area contributed by atoms with Crippen molar-refractivity contribution in [3.8, 4) is 11.5 Å². The minimum absolute atomic E-state index is 0.116. The maximum absolute atomic E-state index is 12.7. The van der Waals surface area contributed by atoms with Gasteiger partial charge < -0.3 is 14.2 Å². The van der Waals surface area contributed by atoms with Gasteiger partial charge in [0.25, 0.3) is 11.2 Å². The van der Waals surface area contributed by atoms with Crippen LogP contribution >= 0.6 is 0 Å². The molecule has 0 unspecified atom stereocenters. The Morgan fingerprint density at radius 3 is 2.50 bits per heavy atom. The van der Waals surface area contributed by atoms with Gasteiger partial charge in [0.15, 0.2) is 17.2 Å². The van der Waals surface area contributed by atoms with Crippen LogP contribution in [0.25, 0.3) is 10.8 Å². The molecule has 0 saturated carbocycles. The Kier molecular flexibility index (Phi) is 6.61. The Bertz CT molecular complexity index is 1240. The number of esters is 1. The van der Waals surface area contributed by atoms with E-state index in [1.54, 1.807) is 25.1 Å². The fourth-order valence-electron chi connectivity index (χ4n) is 3.04. The summed E-state index contributed by atoms with van der Waals surface area (Å²) in [6.45, 7) is -1.92. The van der Waals surface area contributed by atoms with Gasteiger partial charge in [0.2, 0.25) is 0 Å². The van der Waals surface area contributed by atoms with Gasteiger partial charge in [-0.2, -0.15) is 13.9 Å². The second kappa shape index (κ2) is 9.37. The van der Waals surface area contributed by atoms with E-state index in [-0.39, 0.29) is 39.9 Å². The predicted molar refractivity (Wildman–Crippen MR) is 107 cm³/mol. The summed E-state index contributed by atoms with van der Waals surface area (Å²) in [6.07, 6.45) is 0. The Balaban J connectivity index is 1.96. The van der Waals surface area contributed by atoms with Crippen LogP contribution in [0.3, 0.4) is 0 Å². The van der Waals surface area contributed by atoms with Crippen LogP contribution in [-0.4, -0.2) is 34.4 Å². The number of hydrogen-bond donors (Lipinski definition) is 0. The number of carbonyl (C=O) groups is 1. The lowest BCUT2D eigenvalue weighted by Gasteiger charge is -2.13. The van der Waals surface area contributed by atoms with Gasteiger partial charge in [-0.1, -0.05) is 18.2 Å². The van der Waals surface area contributed by atoms with E-state index in [1.807, 2.05) is 0 Å². The van der Waals surface area contributed by atoms with Crippen LogP contribution in [0.15, 0.2) is 41.2 Å². The molecular formula is C20H17F2N3O7. The maximum Gasteiger partial charge on any atom is 0.387 e. The molecule has 1 aromatic heterocycles. The Morgan fingerprint density at radius 2 is 1.91 bits per heavy atom. The zero-order valence-electron chi connectivity index (χ0n) is 16.9. The van der Waals surface area contributed by atoms with Gasteiger partial charge in [0.05, 0.1) is 29.0 Å². The summed E-state index contributed by atoms with van der Waals surface area (Å²) in [7, 11) is 1.17. The minimum atomic E-state index is -3.22. The van der Waals surface area contributed by atoms with Crippen LogP contribution < -0.4 is 15.0 Å². The van der Waals surface area contributed by atoms with Crippen molar-refractivity contribution in [3.05, 3.63) is 68.1 Å². The summed E-state index contributed by atoms with van der Waals surface area (Å²) >= 11 is 0. The number of alkyl halides is 2. The van der Waals surface area contributed by atoms with E-state index in [9.17, 15) is 28.5 Å². The summed E-state index contributed by atoms with van der Waals surface area (Å²) in [5.74, 6) is -1.67. The van der Waals surface area contributed by atoms with Crippen molar-refractivity contribution in [1.29, 1.82) is 0 Å². The highest BCUT2D eigenvalue weighted by molar-refractivity contribution is 6.02. The molecule has 0 saturated heterocycles. The SMILES string of the molecule is CCn1nc(C(=O)OCc2cc(OC)c(OC(F)F)cc2[N+](=O)[O-])c2ccccc2c1=O. The number of benzene rings is 2. The fraction of sp³-hybridized carbons (Fsp3) is 0.250. The molecule has 0 N–H and O–H groups in total. The van der Waals surface area contributed by atoms with Crippen LogP contribution in [0.5, 0.6) is 11.5 Å². The third-order valence-corrected chi connectivity index (χ3v) is 4.50. The zero-order chi connectivity index (χ0) is 23.4. The minimum Gasteiger partial charge on any atom is -0.493 e. The average Bonchev–Trinajstić information content (AvgIpc) is 2.77. The molecular weight excluding hydrogens is 432 g/mol. The molecule has 168 valence electrons. The molecule has 10 nitrogen and oxygen atoms in total. The van der Waals surface area contributed by atoms with Gasteiger partial charge >= 0.3 is 12.6 Å². The molecule has 0 radical (unpaired) electrons. The maximum atomic E-state index is 12.7. The first kappa shape index (κ1) is 22.6. The van der Waals surface area contributed by atoms with Gasteiger partial charge in [-0.3, -0.25) is 14.9 Å². The summed E-state index contributed by atoms with van der Waals surface area (Å²) in [5.41, 5.74) is -1.25. The molecule has 0 aliphatic heterocycles. The van der Waals surface area contributed by atoms with Gasteiger partial charge in [-0.25, -0.2) is 9.48 Å². The van der Waals surface area contributed by atoms with Gasteiger partial charge in [-0.15, -0.1) is 0 Å². The number of halogens is 2. The van der Waals surface area contributed by atoms with Crippen molar-refractivity contribution in [2.45, 2.75) is 26.7 Å². The van der Waals surface area contributed by atoms with Crippen molar-refractivity contribution in [3.63, 3.8) is 0 Å². The van der Waals surface area contributed by atoms with E-state index in [4.69, 9.17) is 9.47 Å². The molecule has 0 aliphatic rings. The Labute approximate surface area is 179 Å². The summed E-state index contributed by atoms with van der Waals surface area (Å²) in [4.78, 5) is 35.7. The topological polar surface area (TPSA) is 123 Å². The summed E-state index contributed by atoms with van der Waals surface area (Å²) in [6, 6.07) is 8.16. The molecule has 1 heterocycles. The van der Waals surface area contributed by atoms with Gasteiger partial charge in [0, 0.05) is 11.9 Å². The normalized spacial score (nSPS) is 10.9. The lowest BCUT2D eigenvalue weighted by molar-refractivity contribution is -0.386. The van der Waals surface area contributed by atoms with Crippen LogP contribution in [0.1, 0.15) is 23.0 Å². The monoisotopic (exact) mass is 449 g/mol. The summed E-state index contributed by atoms with van der Waals surface area (Å²) < 4.78 is 40.7. The van der Waals surface area contributed by atoms with Crippen LogP contribution in [-0.2, 0) is 17.9 Å². The number of fused-ring (bicyclic) bond motifs is 1. The first-order valence-corrected chi connectivity index (χ1v) is 9.23. The van der Waals surface area contributed by atoms with Crippen molar-refractivity contribution >= 4 is 22.4 Å². The van der Waals surface area contributed by atoms with E-state index in [0.29, 0.717) is 0 Å². The van der Waals surface area contributed by atoms with Crippen molar-refractivity contribution in [2.75, 3.05) is 7.11 Å². The molecule has 2 aromatic carbocycles. The quantitative estimate of drug-likeness (QED) is 0.292. The van der Waals surface area contributed by atoms with Crippen molar-refractivity contribution < 1.29 is 32.7 Å². The molecule has 0 fully saturated rings. The van der Waals surface area contributed by atoms with E-state index in [0.717, 1.165) is 16.8 Å². The molecule has 32 heavy (non-hydrogen) atoms. The molecule has 12 heteroatoms. The van der Waals surface area contributed by atoms with E-state index < -0.39 is 35.5 Å². The second-order valence-corrected chi connectivity index (χ2v) is 6.36. The molecule has 0 aliphatic carbocycles. The molecule has 3 rings (SSSR count). The number of hydrogen-bond acceptors (Lipinski definition) is 8. The lowest BCUT2D eigenvalue weighted by atomic mass is 10.1. The lowest BCUT2D eigenvalue weighted by Crippen LogP contribution is -2.25. The van der Waals surface area contributed by atoms with Gasteiger partial charge in [-0.05, 0) is 19.1 Å². The largest absolute Gasteiger partial charge is 0.493 e. The number of nitro benzene ring substituents is 1. The number of nitrogens with zero attached hydrogens (tertiary/aromatic N) is 3. The number of aromatic nitrogens is 2. The van der Waals surface area contributed by atoms with Crippen molar-refractivity contribution in [2.24, 2.45) is 0 Å². The fourth-order valence-corrected chi connectivity index (χ4v) is 3.04. The molecule has 0 bridgehead atoms. The third-order valence-electron chi connectivity index (χ3n) is 4.50. The van der Waals surface area contributed by atoms with E-state index >= 15 is 0 Å². The highest BCUT2D eigenvalue weighted by Gasteiger charge is 2.24. The number of ether oxygens (including phenoxy) is 3. The third kappa shape index (κ3) is 4.48. The first-order chi connectivity index (χ1) is 15.3. The molecule has 0 spiro atoms. The predicted octanol–water partition coefficient (Wildman–Crippen LogP) is 3.29. The first-order valence-electron chi connectivity index (χ1n) is 9.23. The molecule has 0 amide bonds. The average molecular weight is 449 g/mol.